The van der Waals surface area contributed by atoms with Gasteiger partial charge in [0.25, 0.3) is 5.91 Å². The number of sulfonamides is 1. The van der Waals surface area contributed by atoms with E-state index in [0.717, 1.165) is 31.2 Å². The number of hydrogen-bond acceptors (Lipinski definition) is 3. The summed E-state index contributed by atoms with van der Waals surface area (Å²) in [5.74, 6) is -0.338. The lowest BCUT2D eigenvalue weighted by Crippen LogP contribution is -2.32. The summed E-state index contributed by atoms with van der Waals surface area (Å²) in [4.78, 5) is 12.5. The molecule has 1 amide bonds. The van der Waals surface area contributed by atoms with Gasteiger partial charge in [-0.1, -0.05) is 30.5 Å². The normalized spacial score (nSPS) is 15.2. The Morgan fingerprint density at radius 1 is 1.08 bits per heavy atom. The van der Waals surface area contributed by atoms with Crippen LogP contribution in [0.1, 0.15) is 41.6 Å². The standard InChI is InChI=1S/C19H21ClN2O3S/c1-13-6-11-17(18(20)12-13)19(23)21-14-7-9-16(10-8-14)26(24,25)22-15-4-2-3-5-15/h6-12,15,22H,2-5H2,1H3,(H,21,23). The maximum absolute atomic E-state index is 12.4. The Hall–Kier alpha value is -1.89. The van der Waals surface area contributed by atoms with Crippen molar-refractivity contribution in [3.63, 3.8) is 0 Å². The summed E-state index contributed by atoms with van der Waals surface area (Å²) in [5.41, 5.74) is 1.85. The minimum Gasteiger partial charge on any atom is -0.322 e. The number of amides is 1. The highest BCUT2D eigenvalue weighted by molar-refractivity contribution is 7.89. The van der Waals surface area contributed by atoms with Gasteiger partial charge in [-0.05, 0) is 61.7 Å². The summed E-state index contributed by atoms with van der Waals surface area (Å²) >= 11 is 6.11. The van der Waals surface area contributed by atoms with Crippen molar-refractivity contribution in [2.45, 2.75) is 43.5 Å². The molecule has 2 aromatic rings. The highest BCUT2D eigenvalue weighted by atomic mass is 35.5. The number of carbonyl (C=O) groups excluding carboxylic acids is 1. The molecule has 0 atom stereocenters. The van der Waals surface area contributed by atoms with Crippen LogP contribution in [0.2, 0.25) is 5.02 Å². The number of aryl methyl sites for hydroxylation is 1. The maximum Gasteiger partial charge on any atom is 0.257 e. The van der Waals surface area contributed by atoms with Gasteiger partial charge < -0.3 is 5.32 Å². The van der Waals surface area contributed by atoms with Gasteiger partial charge in [0.2, 0.25) is 10.0 Å². The highest BCUT2D eigenvalue weighted by Crippen LogP contribution is 2.22. The molecule has 26 heavy (non-hydrogen) atoms. The zero-order chi connectivity index (χ0) is 18.7. The second kappa shape index (κ2) is 7.78. The summed E-state index contributed by atoms with van der Waals surface area (Å²) in [7, 11) is -3.54. The molecule has 5 nitrogen and oxygen atoms in total. The number of rotatable bonds is 5. The van der Waals surface area contributed by atoms with Gasteiger partial charge in [0.05, 0.1) is 15.5 Å². The summed E-state index contributed by atoms with van der Waals surface area (Å²) in [6.45, 7) is 1.90. The molecule has 1 aliphatic rings. The lowest BCUT2D eigenvalue weighted by Gasteiger charge is -2.13. The van der Waals surface area contributed by atoms with E-state index < -0.39 is 10.0 Å². The Kier molecular flexibility index (Phi) is 5.65. The van der Waals surface area contributed by atoms with Crippen molar-refractivity contribution in [3.8, 4) is 0 Å². The molecule has 138 valence electrons. The highest BCUT2D eigenvalue weighted by Gasteiger charge is 2.22. The van der Waals surface area contributed by atoms with Crippen LogP contribution < -0.4 is 10.0 Å². The molecule has 7 heteroatoms. The summed E-state index contributed by atoms with van der Waals surface area (Å²) in [6.07, 6.45) is 3.87. The number of hydrogen-bond donors (Lipinski definition) is 2. The van der Waals surface area contributed by atoms with Gasteiger partial charge in [-0.2, -0.15) is 0 Å². The smallest absolute Gasteiger partial charge is 0.257 e. The van der Waals surface area contributed by atoms with Crippen molar-refractivity contribution in [3.05, 3.63) is 58.6 Å². The molecule has 0 spiro atoms. The minimum atomic E-state index is -3.54. The molecular weight excluding hydrogens is 372 g/mol. The van der Waals surface area contributed by atoms with E-state index in [2.05, 4.69) is 10.0 Å². The number of benzene rings is 2. The first kappa shape index (κ1) is 18.9. The van der Waals surface area contributed by atoms with Gasteiger partial charge in [0.15, 0.2) is 0 Å². The molecule has 0 aliphatic heterocycles. The van der Waals surface area contributed by atoms with Crippen molar-refractivity contribution in [1.82, 2.24) is 4.72 Å². The average Bonchev–Trinajstić information content (AvgIpc) is 3.07. The third-order valence-electron chi connectivity index (χ3n) is 4.47. The fourth-order valence-corrected chi connectivity index (χ4v) is 4.68. The average molecular weight is 393 g/mol. The minimum absolute atomic E-state index is 0.0167. The van der Waals surface area contributed by atoms with Crippen LogP contribution in [0.25, 0.3) is 0 Å². The first-order valence-corrected chi connectivity index (χ1v) is 10.4. The molecule has 1 fully saturated rings. The van der Waals surface area contributed by atoms with Gasteiger partial charge in [0, 0.05) is 11.7 Å². The van der Waals surface area contributed by atoms with E-state index in [-0.39, 0.29) is 16.8 Å². The number of halogens is 1. The predicted octanol–water partition coefficient (Wildman–Crippen LogP) is 4.12. The summed E-state index contributed by atoms with van der Waals surface area (Å²) in [6, 6.07) is 11.3. The Bertz CT molecular complexity index is 905. The molecule has 3 rings (SSSR count). The molecule has 2 N–H and O–H groups in total. The van der Waals surface area contributed by atoms with E-state index in [1.165, 1.54) is 12.1 Å². The zero-order valence-corrected chi connectivity index (χ0v) is 16.0. The van der Waals surface area contributed by atoms with E-state index in [0.29, 0.717) is 16.3 Å². The largest absolute Gasteiger partial charge is 0.322 e. The second-order valence-electron chi connectivity index (χ2n) is 6.56. The van der Waals surface area contributed by atoms with Crippen molar-refractivity contribution >= 4 is 33.2 Å². The molecule has 0 heterocycles. The van der Waals surface area contributed by atoms with Crippen molar-refractivity contribution < 1.29 is 13.2 Å². The van der Waals surface area contributed by atoms with Crippen molar-refractivity contribution in [2.24, 2.45) is 0 Å². The van der Waals surface area contributed by atoms with Gasteiger partial charge in [-0.15, -0.1) is 0 Å². The summed E-state index contributed by atoms with van der Waals surface area (Å²) in [5, 5.41) is 3.11. The summed E-state index contributed by atoms with van der Waals surface area (Å²) < 4.78 is 27.5. The van der Waals surface area contributed by atoms with Crippen LogP contribution in [0, 0.1) is 6.92 Å². The molecule has 1 saturated carbocycles. The maximum atomic E-state index is 12.4. The van der Waals surface area contributed by atoms with E-state index in [4.69, 9.17) is 11.6 Å². The molecule has 0 radical (unpaired) electrons. The zero-order valence-electron chi connectivity index (χ0n) is 14.5. The van der Waals surface area contributed by atoms with Gasteiger partial charge in [-0.3, -0.25) is 4.79 Å². The molecule has 1 aliphatic carbocycles. The fourth-order valence-electron chi connectivity index (χ4n) is 3.05. The van der Waals surface area contributed by atoms with E-state index in [1.807, 2.05) is 13.0 Å². The molecule has 0 saturated heterocycles. The predicted molar refractivity (Wildman–Crippen MR) is 103 cm³/mol. The Labute approximate surface area is 158 Å². The van der Waals surface area contributed by atoms with Crippen LogP contribution in [0.15, 0.2) is 47.4 Å². The van der Waals surface area contributed by atoms with E-state index in [1.54, 1.807) is 24.3 Å². The lowest BCUT2D eigenvalue weighted by molar-refractivity contribution is 0.102. The van der Waals surface area contributed by atoms with Crippen molar-refractivity contribution in [1.29, 1.82) is 0 Å². The fraction of sp³-hybridized carbons (Fsp3) is 0.316. The van der Waals surface area contributed by atoms with Crippen molar-refractivity contribution in [2.75, 3.05) is 5.32 Å². The number of carbonyl (C=O) groups is 1. The Balaban J connectivity index is 1.70. The van der Waals surface area contributed by atoms with Crippen LogP contribution in [0.3, 0.4) is 0 Å². The Morgan fingerprint density at radius 3 is 2.35 bits per heavy atom. The Morgan fingerprint density at radius 2 is 1.73 bits per heavy atom. The quantitative estimate of drug-likeness (QED) is 0.803. The third-order valence-corrected chi connectivity index (χ3v) is 6.32. The number of nitrogens with one attached hydrogen (secondary N) is 2. The molecule has 2 aromatic carbocycles. The lowest BCUT2D eigenvalue weighted by atomic mass is 10.1. The first-order valence-electron chi connectivity index (χ1n) is 8.55. The monoisotopic (exact) mass is 392 g/mol. The number of anilines is 1. The van der Waals surface area contributed by atoms with Crippen LogP contribution in [-0.4, -0.2) is 20.4 Å². The van der Waals surface area contributed by atoms with Gasteiger partial charge >= 0.3 is 0 Å². The van der Waals surface area contributed by atoms with Crippen LogP contribution >= 0.6 is 11.6 Å². The topological polar surface area (TPSA) is 75.3 Å². The second-order valence-corrected chi connectivity index (χ2v) is 8.69. The molecule has 0 bridgehead atoms. The molecular formula is C19H21ClN2O3S. The molecule has 0 unspecified atom stereocenters. The van der Waals surface area contributed by atoms with E-state index in [9.17, 15) is 13.2 Å². The van der Waals surface area contributed by atoms with E-state index >= 15 is 0 Å². The van der Waals surface area contributed by atoms with Crippen LogP contribution in [0.5, 0.6) is 0 Å². The van der Waals surface area contributed by atoms with Gasteiger partial charge in [0.1, 0.15) is 0 Å². The van der Waals surface area contributed by atoms with Gasteiger partial charge in [-0.25, -0.2) is 13.1 Å². The molecule has 0 aromatic heterocycles. The SMILES string of the molecule is Cc1ccc(C(=O)Nc2ccc(S(=O)(=O)NC3CCCC3)cc2)c(Cl)c1. The van der Waals surface area contributed by atoms with Crippen LogP contribution in [-0.2, 0) is 10.0 Å². The first-order chi connectivity index (χ1) is 12.3. The van der Waals surface area contributed by atoms with Crippen LogP contribution in [0.4, 0.5) is 5.69 Å². The third kappa shape index (κ3) is 4.44.